The minimum atomic E-state index is -0.365. The number of esters is 2. The lowest BCUT2D eigenvalue weighted by Gasteiger charge is -2.10. The summed E-state index contributed by atoms with van der Waals surface area (Å²) in [6.45, 7) is 3.84. The third-order valence-corrected chi connectivity index (χ3v) is 7.01. The van der Waals surface area contributed by atoms with E-state index in [1.54, 1.807) is 14.2 Å². The molecule has 30 heavy (non-hydrogen) atoms. The molecule has 2 rings (SSSR count). The van der Waals surface area contributed by atoms with Crippen LogP contribution in [-0.2, 0) is 32.0 Å². The van der Waals surface area contributed by atoms with E-state index < -0.39 is 0 Å². The maximum absolute atomic E-state index is 12.4. The van der Waals surface area contributed by atoms with Crippen LogP contribution in [0.5, 0.6) is 0 Å². The average molecular weight is 459 g/mol. The molecule has 0 aromatic carbocycles. The zero-order valence-corrected chi connectivity index (χ0v) is 19.6. The summed E-state index contributed by atoms with van der Waals surface area (Å²) in [6.07, 6.45) is 1.73. The Morgan fingerprint density at radius 1 is 0.767 bits per heavy atom. The molecule has 168 valence electrons. The van der Waals surface area contributed by atoms with Gasteiger partial charge in [-0.2, -0.15) is 0 Å². The van der Waals surface area contributed by atoms with Gasteiger partial charge in [0.1, 0.15) is 9.75 Å². The van der Waals surface area contributed by atoms with Crippen molar-refractivity contribution < 1.29 is 28.5 Å². The molecule has 0 amide bonds. The molecule has 2 aromatic rings. The highest BCUT2D eigenvalue weighted by Crippen LogP contribution is 2.42. The molecule has 0 fully saturated rings. The minimum absolute atomic E-state index is 0.365. The fourth-order valence-corrected chi connectivity index (χ4v) is 5.71. The molecule has 0 spiro atoms. The van der Waals surface area contributed by atoms with Crippen molar-refractivity contribution in [3.63, 3.8) is 0 Å². The molecule has 0 saturated carbocycles. The maximum atomic E-state index is 12.4. The van der Waals surface area contributed by atoms with Crippen LogP contribution in [0.3, 0.4) is 0 Å². The van der Waals surface area contributed by atoms with E-state index in [0.29, 0.717) is 36.1 Å². The summed E-state index contributed by atoms with van der Waals surface area (Å²) in [7, 11) is 6.10. The van der Waals surface area contributed by atoms with Gasteiger partial charge in [0, 0.05) is 57.0 Å². The van der Waals surface area contributed by atoms with Gasteiger partial charge in [-0.1, -0.05) is 0 Å². The van der Waals surface area contributed by atoms with Crippen LogP contribution >= 0.6 is 22.7 Å². The van der Waals surface area contributed by atoms with Gasteiger partial charge in [0.2, 0.25) is 0 Å². The zero-order chi connectivity index (χ0) is 21.9. The molecule has 2 N–H and O–H groups in total. The lowest BCUT2D eigenvalue weighted by atomic mass is 10.1. The number of nitrogens with one attached hydrogen (secondary N) is 2. The molecule has 0 atom stereocenters. The Kier molecular flexibility index (Phi) is 10.7. The van der Waals surface area contributed by atoms with Crippen molar-refractivity contribution in [1.82, 2.24) is 10.6 Å². The van der Waals surface area contributed by atoms with Gasteiger partial charge in [-0.25, -0.2) is 9.59 Å². The molecule has 0 aliphatic rings. The molecular formula is C20H30N2O6S2. The van der Waals surface area contributed by atoms with Gasteiger partial charge in [-0.3, -0.25) is 0 Å². The highest BCUT2D eigenvalue weighted by atomic mass is 32.2. The Balaban J connectivity index is 2.37. The number of ether oxygens (including phenoxy) is 4. The van der Waals surface area contributed by atoms with Crippen molar-refractivity contribution in [2.45, 2.75) is 25.9 Å². The van der Waals surface area contributed by atoms with Crippen LogP contribution in [0.1, 0.15) is 43.3 Å². The minimum Gasteiger partial charge on any atom is -0.465 e. The first-order valence-corrected chi connectivity index (χ1v) is 11.3. The topological polar surface area (TPSA) is 95.1 Å². The molecule has 0 unspecified atom stereocenters. The Bertz CT molecular complexity index is 769. The van der Waals surface area contributed by atoms with Crippen molar-refractivity contribution >= 4 is 44.0 Å². The number of carbonyl (C=O) groups excluding carboxylic acids is 2. The highest BCUT2D eigenvalue weighted by molar-refractivity contribution is 7.40. The van der Waals surface area contributed by atoms with E-state index in [1.165, 1.54) is 36.9 Å². The summed E-state index contributed by atoms with van der Waals surface area (Å²) in [5.74, 6) is -0.730. The van der Waals surface area contributed by atoms with Crippen LogP contribution in [0.15, 0.2) is 0 Å². The number of thiophene rings is 2. The van der Waals surface area contributed by atoms with E-state index in [4.69, 9.17) is 18.9 Å². The Hall–Kier alpha value is -1.56. The average Bonchev–Trinajstić information content (AvgIpc) is 3.29. The van der Waals surface area contributed by atoms with Crippen molar-refractivity contribution in [3.8, 4) is 0 Å². The Morgan fingerprint density at radius 3 is 1.57 bits per heavy atom. The molecule has 8 nitrogen and oxygen atoms in total. The number of carbonyl (C=O) groups is 2. The monoisotopic (exact) mass is 458 g/mol. The van der Waals surface area contributed by atoms with Crippen molar-refractivity contribution in [2.75, 3.05) is 54.7 Å². The number of fused-ring (bicyclic) bond motifs is 1. The third-order valence-electron chi connectivity index (χ3n) is 4.49. The lowest BCUT2D eigenvalue weighted by Crippen LogP contribution is -2.19. The molecule has 0 radical (unpaired) electrons. The van der Waals surface area contributed by atoms with Crippen LogP contribution in [0.4, 0.5) is 0 Å². The van der Waals surface area contributed by atoms with Crippen LogP contribution in [0.2, 0.25) is 0 Å². The van der Waals surface area contributed by atoms with Crippen LogP contribution in [0.25, 0.3) is 9.40 Å². The second-order valence-electron chi connectivity index (χ2n) is 6.51. The molecule has 2 heterocycles. The fourth-order valence-electron chi connectivity index (χ4n) is 3.05. The number of rotatable bonds is 14. The van der Waals surface area contributed by atoms with Crippen LogP contribution in [-0.4, -0.2) is 66.7 Å². The van der Waals surface area contributed by atoms with E-state index in [0.717, 1.165) is 46.5 Å². The van der Waals surface area contributed by atoms with Gasteiger partial charge in [-0.15, -0.1) is 22.7 Å². The normalized spacial score (nSPS) is 11.2. The molecule has 0 bridgehead atoms. The molecule has 0 aliphatic heterocycles. The Morgan fingerprint density at radius 2 is 1.20 bits per heavy atom. The van der Waals surface area contributed by atoms with Gasteiger partial charge >= 0.3 is 11.9 Å². The Labute approximate surface area is 184 Å². The second-order valence-corrected chi connectivity index (χ2v) is 8.81. The number of hydrogen-bond donors (Lipinski definition) is 2. The van der Waals surface area contributed by atoms with E-state index in [9.17, 15) is 9.59 Å². The largest absolute Gasteiger partial charge is 0.465 e. The van der Waals surface area contributed by atoms with Gasteiger partial charge in [0.25, 0.3) is 0 Å². The summed E-state index contributed by atoms with van der Waals surface area (Å²) >= 11 is 2.72. The predicted molar refractivity (Wildman–Crippen MR) is 119 cm³/mol. The molecule has 2 aromatic heterocycles. The van der Waals surface area contributed by atoms with E-state index in [-0.39, 0.29) is 11.9 Å². The summed E-state index contributed by atoms with van der Waals surface area (Å²) in [5, 5.41) is 7.67. The van der Waals surface area contributed by atoms with E-state index >= 15 is 0 Å². The molecule has 0 saturated heterocycles. The van der Waals surface area contributed by atoms with Crippen LogP contribution in [0, 0.1) is 0 Å². The third kappa shape index (κ3) is 6.22. The first-order chi connectivity index (χ1) is 14.6. The van der Waals surface area contributed by atoms with E-state index in [1.807, 2.05) is 0 Å². The summed E-state index contributed by atoms with van der Waals surface area (Å²) in [5.41, 5.74) is 1.72. The van der Waals surface area contributed by atoms with Gasteiger partial charge in [-0.05, 0) is 25.9 Å². The summed E-state index contributed by atoms with van der Waals surface area (Å²) < 4.78 is 21.1. The standard InChI is InChI=1S/C20H30N2O6S2/c1-25-9-5-7-21-11-13-15-14(12-22-8-6-10-26-2)17(19(24)28-4)30-20(15)29-16(13)18(23)27-3/h21-22H,5-12H2,1-4H3. The second kappa shape index (κ2) is 13.0. The quantitative estimate of drug-likeness (QED) is 0.330. The van der Waals surface area contributed by atoms with E-state index in [2.05, 4.69) is 10.6 Å². The summed E-state index contributed by atoms with van der Waals surface area (Å²) in [6, 6.07) is 0. The predicted octanol–water partition coefficient (Wildman–Crippen LogP) is 2.79. The highest BCUT2D eigenvalue weighted by Gasteiger charge is 2.27. The molecule has 10 heteroatoms. The first kappa shape index (κ1) is 24.7. The molecule has 0 aliphatic carbocycles. The SMILES string of the molecule is COCCCNCc1c(C(=O)OC)sc2sc(C(=O)OC)c(CNCCCOC)c12. The van der Waals surface area contributed by atoms with Crippen molar-refractivity contribution in [2.24, 2.45) is 0 Å². The van der Waals surface area contributed by atoms with Gasteiger partial charge in [0.15, 0.2) is 0 Å². The zero-order valence-electron chi connectivity index (χ0n) is 17.9. The maximum Gasteiger partial charge on any atom is 0.348 e. The summed E-state index contributed by atoms with van der Waals surface area (Å²) in [4.78, 5) is 25.9. The van der Waals surface area contributed by atoms with Crippen molar-refractivity contribution in [3.05, 3.63) is 20.9 Å². The van der Waals surface area contributed by atoms with Crippen molar-refractivity contribution in [1.29, 1.82) is 0 Å². The number of methoxy groups -OCH3 is 4. The smallest absolute Gasteiger partial charge is 0.348 e. The molecular weight excluding hydrogens is 428 g/mol. The number of hydrogen-bond acceptors (Lipinski definition) is 10. The fraction of sp³-hybridized carbons (Fsp3) is 0.600. The van der Waals surface area contributed by atoms with Crippen LogP contribution < -0.4 is 10.6 Å². The van der Waals surface area contributed by atoms with Gasteiger partial charge < -0.3 is 29.6 Å². The van der Waals surface area contributed by atoms with Gasteiger partial charge in [0.05, 0.1) is 18.2 Å². The first-order valence-electron chi connectivity index (χ1n) is 9.71. The lowest BCUT2D eigenvalue weighted by molar-refractivity contribution is 0.0596.